The van der Waals surface area contributed by atoms with Crippen LogP contribution in [0.15, 0.2) is 24.2 Å². The number of ether oxygens (including phenoxy) is 3. The first-order valence-corrected chi connectivity index (χ1v) is 5.30. The first-order valence-electron chi connectivity index (χ1n) is 5.30. The van der Waals surface area contributed by atoms with Crippen LogP contribution in [0.1, 0.15) is 27.2 Å². The fraction of sp³-hybridized carbons (Fsp3) is 0.500. The van der Waals surface area contributed by atoms with Crippen molar-refractivity contribution in [3.8, 4) is 0 Å². The second kappa shape index (κ2) is 8.52. The highest BCUT2D eigenvalue weighted by molar-refractivity contribution is 5.89. The van der Waals surface area contributed by atoms with Gasteiger partial charge in [-0.2, -0.15) is 0 Å². The second-order valence-electron chi connectivity index (χ2n) is 3.16. The van der Waals surface area contributed by atoms with Gasteiger partial charge in [0.25, 0.3) is 0 Å². The highest BCUT2D eigenvalue weighted by atomic mass is 16.5. The van der Waals surface area contributed by atoms with E-state index in [-0.39, 0.29) is 11.3 Å². The summed E-state index contributed by atoms with van der Waals surface area (Å²) in [5.74, 6) is -0.812. The maximum Gasteiger partial charge on any atom is 0.341 e. The summed E-state index contributed by atoms with van der Waals surface area (Å²) in [5, 5.41) is 0. The van der Waals surface area contributed by atoms with Gasteiger partial charge < -0.3 is 14.2 Å². The normalized spacial score (nSPS) is 11.5. The van der Waals surface area contributed by atoms with Crippen LogP contribution in [0.5, 0.6) is 0 Å². The highest BCUT2D eigenvalue weighted by Crippen LogP contribution is 2.13. The minimum atomic E-state index is -0.590. The number of esters is 2. The molecule has 0 aliphatic rings. The molecule has 0 aromatic rings. The first-order chi connectivity index (χ1) is 8.02. The summed E-state index contributed by atoms with van der Waals surface area (Å²) in [4.78, 5) is 22.3. The SMILES string of the molecule is C=COC(=O)C(C)=C(CCOCC)OC(C)=O. The predicted octanol–water partition coefficient (Wildman–Crippen LogP) is 1.94. The van der Waals surface area contributed by atoms with Crippen molar-refractivity contribution in [3.63, 3.8) is 0 Å². The van der Waals surface area contributed by atoms with Crippen LogP contribution in [0.4, 0.5) is 0 Å². The van der Waals surface area contributed by atoms with Crippen LogP contribution < -0.4 is 0 Å². The summed E-state index contributed by atoms with van der Waals surface area (Å²) in [6, 6.07) is 0. The summed E-state index contributed by atoms with van der Waals surface area (Å²) < 4.78 is 14.7. The lowest BCUT2D eigenvalue weighted by atomic mass is 10.2. The van der Waals surface area contributed by atoms with Crippen molar-refractivity contribution in [1.82, 2.24) is 0 Å². The molecule has 0 aliphatic carbocycles. The largest absolute Gasteiger partial charge is 0.432 e. The van der Waals surface area contributed by atoms with E-state index < -0.39 is 11.9 Å². The molecule has 0 aromatic carbocycles. The van der Waals surface area contributed by atoms with Crippen LogP contribution in [0.2, 0.25) is 0 Å². The quantitative estimate of drug-likeness (QED) is 0.295. The minimum absolute atomic E-state index is 0.236. The number of carbonyl (C=O) groups excluding carboxylic acids is 2. The molecule has 0 radical (unpaired) electrons. The monoisotopic (exact) mass is 242 g/mol. The third-order valence-electron chi connectivity index (χ3n) is 1.86. The van der Waals surface area contributed by atoms with Gasteiger partial charge in [-0.1, -0.05) is 6.58 Å². The van der Waals surface area contributed by atoms with Crippen LogP contribution in [-0.4, -0.2) is 25.2 Å². The van der Waals surface area contributed by atoms with Crippen molar-refractivity contribution in [2.24, 2.45) is 0 Å². The van der Waals surface area contributed by atoms with E-state index in [1.54, 1.807) is 0 Å². The molecule has 0 spiro atoms. The minimum Gasteiger partial charge on any atom is -0.432 e. The number of rotatable bonds is 7. The third kappa shape index (κ3) is 6.52. The maximum absolute atomic E-state index is 11.4. The van der Waals surface area contributed by atoms with E-state index in [4.69, 9.17) is 9.47 Å². The van der Waals surface area contributed by atoms with Crippen molar-refractivity contribution in [1.29, 1.82) is 0 Å². The maximum atomic E-state index is 11.4. The molecule has 17 heavy (non-hydrogen) atoms. The Labute approximate surface area is 101 Å². The van der Waals surface area contributed by atoms with Gasteiger partial charge in [0.15, 0.2) is 0 Å². The number of carbonyl (C=O) groups is 2. The van der Waals surface area contributed by atoms with Crippen LogP contribution in [0.25, 0.3) is 0 Å². The van der Waals surface area contributed by atoms with Crippen molar-refractivity contribution in [3.05, 3.63) is 24.2 Å². The molecule has 5 heteroatoms. The first kappa shape index (κ1) is 15.4. The van der Waals surface area contributed by atoms with Crippen LogP contribution in [-0.2, 0) is 23.8 Å². The summed E-state index contributed by atoms with van der Waals surface area (Å²) in [7, 11) is 0. The van der Waals surface area contributed by atoms with Crippen LogP contribution in [0.3, 0.4) is 0 Å². The zero-order chi connectivity index (χ0) is 13.3. The molecule has 0 aromatic heterocycles. The molecule has 0 N–H and O–H groups in total. The van der Waals surface area contributed by atoms with E-state index in [0.717, 1.165) is 6.26 Å². The summed E-state index contributed by atoms with van der Waals surface area (Å²) in [6.07, 6.45) is 1.37. The van der Waals surface area contributed by atoms with E-state index in [0.29, 0.717) is 19.6 Å². The lowest BCUT2D eigenvalue weighted by molar-refractivity contribution is -0.138. The molecule has 0 saturated heterocycles. The Hall–Kier alpha value is -1.62. The van der Waals surface area contributed by atoms with Gasteiger partial charge in [-0.25, -0.2) is 4.79 Å². The Kier molecular flexibility index (Phi) is 7.71. The Bertz CT molecular complexity index is 317. The van der Waals surface area contributed by atoms with E-state index in [9.17, 15) is 9.59 Å². The molecule has 0 amide bonds. The lowest BCUT2D eigenvalue weighted by Crippen LogP contribution is -2.11. The average molecular weight is 242 g/mol. The molecular formula is C12H18O5. The standard InChI is InChI=1S/C12H18O5/c1-5-15-8-7-11(17-10(4)13)9(3)12(14)16-6-2/h6H,2,5,7-8H2,1,3-4H3. The van der Waals surface area contributed by atoms with Gasteiger partial charge in [-0.3, -0.25) is 4.79 Å². The van der Waals surface area contributed by atoms with Crippen molar-refractivity contribution in [2.45, 2.75) is 27.2 Å². The Morgan fingerprint density at radius 3 is 2.41 bits per heavy atom. The lowest BCUT2D eigenvalue weighted by Gasteiger charge is -2.10. The summed E-state index contributed by atoms with van der Waals surface area (Å²) in [5.41, 5.74) is 0.236. The molecule has 0 rings (SSSR count). The van der Waals surface area contributed by atoms with Crippen molar-refractivity contribution in [2.75, 3.05) is 13.2 Å². The van der Waals surface area contributed by atoms with E-state index in [2.05, 4.69) is 11.3 Å². The van der Waals surface area contributed by atoms with E-state index in [1.807, 2.05) is 6.92 Å². The number of hydrogen-bond donors (Lipinski definition) is 0. The second-order valence-corrected chi connectivity index (χ2v) is 3.16. The Morgan fingerprint density at radius 1 is 1.29 bits per heavy atom. The topological polar surface area (TPSA) is 61.8 Å². The fourth-order valence-corrected chi connectivity index (χ4v) is 1.08. The molecule has 0 unspecified atom stereocenters. The van der Waals surface area contributed by atoms with Gasteiger partial charge in [-0.15, -0.1) is 0 Å². The molecule has 0 heterocycles. The van der Waals surface area contributed by atoms with Crippen LogP contribution >= 0.6 is 0 Å². The summed E-state index contributed by atoms with van der Waals surface area (Å²) >= 11 is 0. The van der Waals surface area contributed by atoms with Crippen LogP contribution in [0, 0.1) is 0 Å². The Balaban J connectivity index is 4.72. The zero-order valence-corrected chi connectivity index (χ0v) is 10.4. The van der Waals surface area contributed by atoms with Gasteiger partial charge in [-0.05, 0) is 13.8 Å². The van der Waals surface area contributed by atoms with Crippen molar-refractivity contribution < 1.29 is 23.8 Å². The van der Waals surface area contributed by atoms with Gasteiger partial charge in [0, 0.05) is 20.0 Å². The third-order valence-corrected chi connectivity index (χ3v) is 1.86. The molecule has 0 bridgehead atoms. The van der Waals surface area contributed by atoms with Gasteiger partial charge in [0.2, 0.25) is 0 Å². The summed E-state index contributed by atoms with van der Waals surface area (Å²) in [6.45, 7) is 8.86. The van der Waals surface area contributed by atoms with Gasteiger partial charge in [0.05, 0.1) is 18.4 Å². The molecule has 0 fully saturated rings. The Morgan fingerprint density at radius 2 is 1.94 bits per heavy atom. The molecular weight excluding hydrogens is 224 g/mol. The smallest absolute Gasteiger partial charge is 0.341 e. The number of hydrogen-bond acceptors (Lipinski definition) is 5. The molecule has 96 valence electrons. The molecule has 0 aliphatic heterocycles. The average Bonchev–Trinajstić information content (AvgIpc) is 2.27. The van der Waals surface area contributed by atoms with E-state index >= 15 is 0 Å². The van der Waals surface area contributed by atoms with Crippen molar-refractivity contribution >= 4 is 11.9 Å². The van der Waals surface area contributed by atoms with E-state index in [1.165, 1.54) is 13.8 Å². The molecule has 0 saturated carbocycles. The highest BCUT2D eigenvalue weighted by Gasteiger charge is 2.14. The predicted molar refractivity (Wildman–Crippen MR) is 61.9 cm³/mol. The zero-order valence-electron chi connectivity index (χ0n) is 10.4. The molecule has 5 nitrogen and oxygen atoms in total. The fourth-order valence-electron chi connectivity index (χ4n) is 1.08. The van der Waals surface area contributed by atoms with Gasteiger partial charge in [0.1, 0.15) is 5.76 Å². The van der Waals surface area contributed by atoms with Gasteiger partial charge >= 0.3 is 11.9 Å². The molecule has 0 atom stereocenters.